The van der Waals surface area contributed by atoms with Crippen LogP contribution in [-0.2, 0) is 0 Å². The van der Waals surface area contributed by atoms with Crippen molar-refractivity contribution in [2.75, 3.05) is 4.90 Å². The van der Waals surface area contributed by atoms with E-state index in [9.17, 15) is 0 Å². The molecule has 0 saturated carbocycles. The number of nitrogens with zero attached hydrogens (tertiary/aromatic N) is 1. The molecule has 2 heteroatoms. The first-order chi connectivity index (χ1) is 19.6. The second-order valence-electron chi connectivity index (χ2n) is 11.0. The van der Waals surface area contributed by atoms with Crippen LogP contribution in [0.15, 0.2) is 115 Å². The minimum Gasteiger partial charge on any atom is -0.453 e. The summed E-state index contributed by atoms with van der Waals surface area (Å²) in [5.74, 6) is 2.84. The van der Waals surface area contributed by atoms with Crippen LogP contribution in [0.2, 0.25) is 0 Å². The summed E-state index contributed by atoms with van der Waals surface area (Å²) in [6.45, 7) is 9.10. The topological polar surface area (TPSA) is 12.5 Å². The molecule has 1 aliphatic heterocycles. The monoisotopic (exact) mass is 523 g/mol. The maximum Gasteiger partial charge on any atom is 0.151 e. The van der Waals surface area contributed by atoms with Crippen LogP contribution in [0, 0.1) is 0 Å². The Hall–Kier alpha value is -4.30. The molecule has 5 aromatic rings. The first-order valence-electron chi connectivity index (χ1n) is 14.6. The second kappa shape index (κ2) is 11.1. The van der Waals surface area contributed by atoms with Gasteiger partial charge in [0.1, 0.15) is 0 Å². The van der Waals surface area contributed by atoms with Crippen LogP contribution in [0.4, 0.5) is 17.1 Å². The van der Waals surface area contributed by atoms with Crippen LogP contribution >= 0.6 is 0 Å². The Kier molecular flexibility index (Phi) is 7.17. The largest absolute Gasteiger partial charge is 0.453 e. The molecule has 0 N–H and O–H groups in total. The van der Waals surface area contributed by atoms with E-state index in [1.165, 1.54) is 33.4 Å². The molecule has 0 aromatic heterocycles. The lowest BCUT2D eigenvalue weighted by molar-refractivity contribution is 0.477. The Morgan fingerprint density at radius 1 is 0.550 bits per heavy atom. The molecule has 0 aliphatic carbocycles. The van der Waals surface area contributed by atoms with Gasteiger partial charge >= 0.3 is 0 Å². The van der Waals surface area contributed by atoms with Gasteiger partial charge in [-0.05, 0) is 94.5 Å². The first-order valence-corrected chi connectivity index (χ1v) is 14.6. The van der Waals surface area contributed by atoms with Crippen molar-refractivity contribution in [1.29, 1.82) is 0 Å². The molecule has 0 bridgehead atoms. The van der Waals surface area contributed by atoms with Crippen LogP contribution in [-0.4, -0.2) is 0 Å². The normalized spacial score (nSPS) is 13.7. The van der Waals surface area contributed by atoms with Crippen molar-refractivity contribution in [2.24, 2.45) is 0 Å². The molecule has 0 radical (unpaired) electrons. The number of benzene rings is 5. The lowest BCUT2D eigenvalue weighted by Gasteiger charge is -2.33. The third-order valence-corrected chi connectivity index (χ3v) is 8.50. The number of rotatable bonds is 7. The number of fused-ring (bicyclic) bond motifs is 2. The van der Waals surface area contributed by atoms with E-state index >= 15 is 0 Å². The number of hydrogen-bond donors (Lipinski definition) is 0. The summed E-state index contributed by atoms with van der Waals surface area (Å²) in [4.78, 5) is 2.32. The molecule has 0 saturated heterocycles. The van der Waals surface area contributed by atoms with Crippen molar-refractivity contribution in [3.05, 3.63) is 126 Å². The summed E-state index contributed by atoms with van der Waals surface area (Å²) in [5.41, 5.74) is 10.9. The lowest BCUT2D eigenvalue weighted by Crippen LogP contribution is -2.15. The third kappa shape index (κ3) is 4.79. The SMILES string of the molecule is CCC(C)c1ccc(-c2ccc(N3c4ccccc4Oc4ccccc43)cc2-c2ccc(C(C)CC)cc2)cc1. The molecule has 2 atom stereocenters. The fourth-order valence-corrected chi connectivity index (χ4v) is 5.60. The van der Waals surface area contributed by atoms with Crippen molar-refractivity contribution >= 4 is 17.1 Å². The number of ether oxygens (including phenoxy) is 1. The van der Waals surface area contributed by atoms with Gasteiger partial charge in [-0.15, -0.1) is 0 Å². The highest BCUT2D eigenvalue weighted by Crippen LogP contribution is 2.51. The fraction of sp³-hybridized carbons (Fsp3) is 0.211. The summed E-state index contributed by atoms with van der Waals surface area (Å²) in [5, 5.41) is 0. The highest BCUT2D eigenvalue weighted by Gasteiger charge is 2.26. The van der Waals surface area contributed by atoms with Crippen LogP contribution < -0.4 is 9.64 Å². The predicted molar refractivity (Wildman–Crippen MR) is 169 cm³/mol. The molecule has 2 unspecified atom stereocenters. The van der Waals surface area contributed by atoms with Crippen molar-refractivity contribution in [3.8, 4) is 33.8 Å². The van der Waals surface area contributed by atoms with Gasteiger partial charge in [-0.25, -0.2) is 0 Å². The Balaban J connectivity index is 1.51. The van der Waals surface area contributed by atoms with Crippen molar-refractivity contribution < 1.29 is 4.74 Å². The van der Waals surface area contributed by atoms with E-state index in [-0.39, 0.29) is 0 Å². The van der Waals surface area contributed by atoms with Crippen LogP contribution in [0.25, 0.3) is 22.3 Å². The van der Waals surface area contributed by atoms with E-state index in [2.05, 4.69) is 124 Å². The molecule has 0 spiro atoms. The molecule has 40 heavy (non-hydrogen) atoms. The number of anilines is 3. The Labute approximate surface area is 238 Å². The molecule has 2 nitrogen and oxygen atoms in total. The summed E-state index contributed by atoms with van der Waals surface area (Å²) in [6, 6.07) is 41.8. The zero-order valence-corrected chi connectivity index (χ0v) is 23.9. The van der Waals surface area contributed by atoms with Gasteiger partial charge in [-0.3, -0.25) is 0 Å². The molecule has 6 rings (SSSR count). The van der Waals surface area contributed by atoms with Gasteiger partial charge in [0.2, 0.25) is 0 Å². The summed E-state index contributed by atoms with van der Waals surface area (Å²) in [6.07, 6.45) is 2.28. The molecule has 0 fully saturated rings. The van der Waals surface area contributed by atoms with Gasteiger partial charge in [-0.1, -0.05) is 107 Å². The van der Waals surface area contributed by atoms with Crippen LogP contribution in [0.3, 0.4) is 0 Å². The zero-order chi connectivity index (χ0) is 27.6. The van der Waals surface area contributed by atoms with Crippen LogP contribution in [0.5, 0.6) is 11.5 Å². The average molecular weight is 524 g/mol. The van der Waals surface area contributed by atoms with Crippen molar-refractivity contribution in [2.45, 2.75) is 52.4 Å². The standard InChI is InChI=1S/C38H37NO/c1-5-26(3)28-15-19-30(20-16-28)33-24-23-32(25-34(33)31-21-17-29(18-22-31)27(4)6-2)39-35-11-7-9-13-37(35)40-38-14-10-8-12-36(38)39/h7-27H,5-6H2,1-4H3. The van der Waals surface area contributed by atoms with E-state index in [1.54, 1.807) is 0 Å². The van der Waals surface area contributed by atoms with Crippen molar-refractivity contribution in [3.63, 3.8) is 0 Å². The summed E-state index contributed by atoms with van der Waals surface area (Å²) < 4.78 is 6.28. The predicted octanol–water partition coefficient (Wildman–Crippen LogP) is 11.6. The molecule has 1 aliphatic rings. The number of hydrogen-bond acceptors (Lipinski definition) is 2. The smallest absolute Gasteiger partial charge is 0.151 e. The molecule has 5 aromatic carbocycles. The minimum atomic E-state index is 0.550. The maximum absolute atomic E-state index is 6.28. The van der Waals surface area contributed by atoms with E-state index in [0.717, 1.165) is 41.4 Å². The maximum atomic E-state index is 6.28. The molecular weight excluding hydrogens is 486 g/mol. The van der Waals surface area contributed by atoms with E-state index in [0.29, 0.717) is 11.8 Å². The van der Waals surface area contributed by atoms with Gasteiger partial charge in [0, 0.05) is 5.69 Å². The van der Waals surface area contributed by atoms with Gasteiger partial charge in [0.05, 0.1) is 11.4 Å². The zero-order valence-electron chi connectivity index (χ0n) is 23.9. The lowest BCUT2D eigenvalue weighted by atomic mass is 9.90. The quantitative estimate of drug-likeness (QED) is 0.206. The van der Waals surface area contributed by atoms with Gasteiger partial charge < -0.3 is 9.64 Å². The van der Waals surface area contributed by atoms with Gasteiger partial charge in [0.15, 0.2) is 11.5 Å². The van der Waals surface area contributed by atoms with E-state index < -0.39 is 0 Å². The fourth-order valence-electron chi connectivity index (χ4n) is 5.60. The van der Waals surface area contributed by atoms with Crippen LogP contribution in [0.1, 0.15) is 63.5 Å². The molecule has 0 amide bonds. The second-order valence-corrected chi connectivity index (χ2v) is 11.0. The van der Waals surface area contributed by atoms with Crippen molar-refractivity contribution in [1.82, 2.24) is 0 Å². The van der Waals surface area contributed by atoms with E-state index in [4.69, 9.17) is 4.74 Å². The Bertz CT molecular complexity index is 1570. The summed E-state index contributed by atoms with van der Waals surface area (Å²) >= 11 is 0. The Morgan fingerprint density at radius 3 is 1.52 bits per heavy atom. The van der Waals surface area contributed by atoms with E-state index in [1.807, 2.05) is 24.3 Å². The average Bonchev–Trinajstić information content (AvgIpc) is 3.02. The minimum absolute atomic E-state index is 0.550. The summed E-state index contributed by atoms with van der Waals surface area (Å²) in [7, 11) is 0. The first kappa shape index (κ1) is 26.0. The molecule has 200 valence electrons. The highest BCUT2D eigenvalue weighted by molar-refractivity contribution is 5.91. The molecular formula is C38H37NO. The number of para-hydroxylation sites is 4. The third-order valence-electron chi connectivity index (χ3n) is 8.50. The van der Waals surface area contributed by atoms with Gasteiger partial charge in [0.25, 0.3) is 0 Å². The Morgan fingerprint density at radius 2 is 1.02 bits per heavy atom. The highest BCUT2D eigenvalue weighted by atomic mass is 16.5. The van der Waals surface area contributed by atoms with Gasteiger partial charge in [-0.2, -0.15) is 0 Å². The molecule has 1 heterocycles.